The first-order valence-electron chi connectivity index (χ1n) is 7.64. The molecule has 1 aliphatic rings. The Bertz CT molecular complexity index is 810. The van der Waals surface area contributed by atoms with Crippen LogP contribution in [-0.4, -0.2) is 4.98 Å². The molecule has 1 aliphatic carbocycles. The smallest absolute Gasteiger partial charge is 0.0520 e. The Morgan fingerprint density at radius 2 is 1.68 bits per heavy atom. The Morgan fingerprint density at radius 1 is 0.909 bits per heavy atom. The third-order valence-electron chi connectivity index (χ3n) is 4.54. The van der Waals surface area contributed by atoms with Crippen LogP contribution in [0.2, 0.25) is 0 Å². The number of hydrogen-bond donors (Lipinski definition) is 2. The Labute approximate surface area is 131 Å². The number of H-pyrrole nitrogens is 1. The van der Waals surface area contributed by atoms with Gasteiger partial charge in [0, 0.05) is 11.7 Å². The maximum Gasteiger partial charge on any atom is 0.0520 e. The predicted molar refractivity (Wildman–Crippen MR) is 94.7 cm³/mol. The zero-order valence-electron chi connectivity index (χ0n) is 13.4. The molecule has 3 aromatic rings. The first-order valence-corrected chi connectivity index (χ1v) is 7.64. The highest BCUT2D eigenvalue weighted by Gasteiger charge is 2.23. The molecule has 0 saturated heterocycles. The van der Waals surface area contributed by atoms with Crippen molar-refractivity contribution < 1.29 is 0 Å². The van der Waals surface area contributed by atoms with Crippen LogP contribution in [0.5, 0.6) is 0 Å². The number of aryl methyl sites for hydroxylation is 1. The van der Waals surface area contributed by atoms with Crippen LogP contribution in [0, 0.1) is 6.92 Å². The number of allylic oxidation sites excluding steroid dienone is 1. The molecular weight excluding hydrogens is 268 g/mol. The van der Waals surface area contributed by atoms with Crippen LogP contribution in [0.4, 0.5) is 0 Å². The van der Waals surface area contributed by atoms with Gasteiger partial charge in [-0.15, -0.1) is 0 Å². The number of aromatic amines is 1. The lowest BCUT2D eigenvalue weighted by Gasteiger charge is -2.08. The van der Waals surface area contributed by atoms with E-state index in [1.54, 1.807) is 0 Å². The van der Waals surface area contributed by atoms with Crippen LogP contribution in [0.3, 0.4) is 0 Å². The Kier molecular flexibility index (Phi) is 3.86. The van der Waals surface area contributed by atoms with Gasteiger partial charge in [-0.2, -0.15) is 0 Å². The molecule has 1 atom stereocenters. The fourth-order valence-corrected chi connectivity index (χ4v) is 3.12. The van der Waals surface area contributed by atoms with Crippen molar-refractivity contribution in [1.82, 2.24) is 4.98 Å². The van der Waals surface area contributed by atoms with Gasteiger partial charge in [0.05, 0.1) is 6.04 Å². The van der Waals surface area contributed by atoms with Crippen LogP contribution in [0.15, 0.2) is 60.3 Å². The number of nitrogens with one attached hydrogen (secondary N) is 1. The monoisotopic (exact) mass is 290 g/mol. The second kappa shape index (κ2) is 5.82. The molecular formula is C20H22N2. The van der Waals surface area contributed by atoms with Crippen LogP contribution in [0.1, 0.15) is 36.6 Å². The highest BCUT2D eigenvalue weighted by molar-refractivity contribution is 5.79. The predicted octanol–water partition coefficient (Wildman–Crippen LogP) is 4.97. The van der Waals surface area contributed by atoms with E-state index in [1.165, 1.54) is 38.7 Å². The number of rotatable bonds is 0. The lowest BCUT2D eigenvalue weighted by atomic mass is 10.00. The molecule has 1 unspecified atom stereocenters. The van der Waals surface area contributed by atoms with E-state index in [2.05, 4.69) is 62.2 Å². The Balaban J connectivity index is 0.000000139. The number of para-hydroxylation sites is 1. The lowest BCUT2D eigenvalue weighted by Crippen LogP contribution is -2.08. The van der Waals surface area contributed by atoms with Crippen molar-refractivity contribution in [2.75, 3.05) is 0 Å². The van der Waals surface area contributed by atoms with Crippen molar-refractivity contribution in [2.45, 2.75) is 26.8 Å². The molecule has 1 aromatic heterocycles. The number of fused-ring (bicyclic) bond motifs is 2. The SMILES string of the molecule is CC1=C(C)C(N)c2cccc(C)c21.c1ccc2[nH]ccc2c1. The van der Waals surface area contributed by atoms with Gasteiger partial charge in [-0.1, -0.05) is 36.4 Å². The highest BCUT2D eigenvalue weighted by atomic mass is 14.7. The molecule has 0 bridgehead atoms. The van der Waals surface area contributed by atoms with E-state index in [9.17, 15) is 0 Å². The normalized spacial score (nSPS) is 16.5. The molecule has 22 heavy (non-hydrogen) atoms. The summed E-state index contributed by atoms with van der Waals surface area (Å²) in [7, 11) is 0. The van der Waals surface area contributed by atoms with Crippen molar-refractivity contribution in [3.8, 4) is 0 Å². The van der Waals surface area contributed by atoms with Crippen LogP contribution >= 0.6 is 0 Å². The molecule has 0 radical (unpaired) electrons. The van der Waals surface area contributed by atoms with Crippen LogP contribution < -0.4 is 5.73 Å². The molecule has 0 spiro atoms. The van der Waals surface area contributed by atoms with Crippen molar-refractivity contribution in [2.24, 2.45) is 5.73 Å². The average molecular weight is 290 g/mol. The molecule has 2 nitrogen and oxygen atoms in total. The van der Waals surface area contributed by atoms with E-state index in [1.807, 2.05) is 18.3 Å². The largest absolute Gasteiger partial charge is 0.361 e. The van der Waals surface area contributed by atoms with Gasteiger partial charge >= 0.3 is 0 Å². The van der Waals surface area contributed by atoms with Crippen molar-refractivity contribution in [3.05, 3.63) is 77.0 Å². The molecule has 0 fully saturated rings. The van der Waals surface area contributed by atoms with Crippen molar-refractivity contribution >= 4 is 16.5 Å². The van der Waals surface area contributed by atoms with Gasteiger partial charge in [-0.05, 0) is 66.1 Å². The van der Waals surface area contributed by atoms with Gasteiger partial charge in [0.1, 0.15) is 0 Å². The summed E-state index contributed by atoms with van der Waals surface area (Å²) in [6, 6.07) is 16.8. The van der Waals surface area contributed by atoms with Gasteiger partial charge in [0.2, 0.25) is 0 Å². The summed E-state index contributed by atoms with van der Waals surface area (Å²) in [5, 5.41) is 1.28. The first-order chi connectivity index (χ1) is 10.6. The third-order valence-corrected chi connectivity index (χ3v) is 4.54. The molecule has 0 saturated carbocycles. The summed E-state index contributed by atoms with van der Waals surface area (Å²) < 4.78 is 0. The van der Waals surface area contributed by atoms with Crippen molar-refractivity contribution in [3.63, 3.8) is 0 Å². The fraction of sp³-hybridized carbons (Fsp3) is 0.200. The van der Waals surface area contributed by atoms with E-state index >= 15 is 0 Å². The second-order valence-electron chi connectivity index (χ2n) is 5.89. The van der Waals surface area contributed by atoms with Gasteiger partial charge in [-0.3, -0.25) is 0 Å². The lowest BCUT2D eigenvalue weighted by molar-refractivity contribution is 0.868. The summed E-state index contributed by atoms with van der Waals surface area (Å²) in [5.74, 6) is 0. The minimum atomic E-state index is 0.120. The molecule has 2 aromatic carbocycles. The molecule has 3 N–H and O–H groups in total. The molecule has 1 heterocycles. The average Bonchev–Trinajstić information content (AvgIpc) is 3.09. The summed E-state index contributed by atoms with van der Waals surface area (Å²) >= 11 is 0. The van der Waals surface area contributed by atoms with Gasteiger partial charge in [0.15, 0.2) is 0 Å². The maximum absolute atomic E-state index is 6.09. The molecule has 0 aliphatic heterocycles. The number of aromatic nitrogens is 1. The van der Waals surface area contributed by atoms with Gasteiger partial charge < -0.3 is 10.7 Å². The Hall–Kier alpha value is -2.32. The maximum atomic E-state index is 6.09. The van der Waals surface area contributed by atoms with E-state index in [-0.39, 0.29) is 6.04 Å². The molecule has 112 valence electrons. The zero-order chi connectivity index (χ0) is 15.7. The molecule has 4 rings (SSSR count). The van der Waals surface area contributed by atoms with E-state index in [0.717, 1.165) is 0 Å². The van der Waals surface area contributed by atoms with Crippen LogP contribution in [-0.2, 0) is 0 Å². The number of hydrogen-bond acceptors (Lipinski definition) is 1. The summed E-state index contributed by atoms with van der Waals surface area (Å²) in [4.78, 5) is 3.12. The van der Waals surface area contributed by atoms with E-state index in [4.69, 9.17) is 5.73 Å². The Morgan fingerprint density at radius 3 is 2.41 bits per heavy atom. The van der Waals surface area contributed by atoms with E-state index < -0.39 is 0 Å². The molecule has 2 heteroatoms. The van der Waals surface area contributed by atoms with Gasteiger partial charge in [-0.25, -0.2) is 0 Å². The number of nitrogens with two attached hydrogens (primary N) is 1. The fourth-order valence-electron chi connectivity index (χ4n) is 3.12. The van der Waals surface area contributed by atoms with Crippen LogP contribution in [0.25, 0.3) is 16.5 Å². The standard InChI is InChI=1S/C12H15N.C8H7N/c1-7-5-4-6-10-11(7)8(2)9(3)12(10)13;1-2-4-8-7(3-1)5-6-9-8/h4-6,12H,13H2,1-3H3;1-6,9H. The summed E-state index contributed by atoms with van der Waals surface area (Å²) in [6.45, 7) is 6.43. The first kappa shape index (κ1) is 14.6. The highest BCUT2D eigenvalue weighted by Crippen LogP contribution is 2.39. The zero-order valence-corrected chi connectivity index (χ0v) is 13.4. The molecule has 0 amide bonds. The topological polar surface area (TPSA) is 41.8 Å². The minimum Gasteiger partial charge on any atom is -0.361 e. The van der Waals surface area contributed by atoms with Crippen molar-refractivity contribution in [1.29, 1.82) is 0 Å². The van der Waals surface area contributed by atoms with E-state index in [0.29, 0.717) is 0 Å². The minimum absolute atomic E-state index is 0.120. The second-order valence-corrected chi connectivity index (χ2v) is 5.89. The van der Waals surface area contributed by atoms with Gasteiger partial charge in [0.25, 0.3) is 0 Å². The quantitative estimate of drug-likeness (QED) is 0.603. The summed E-state index contributed by atoms with van der Waals surface area (Å²) in [5.41, 5.74) is 14.0. The summed E-state index contributed by atoms with van der Waals surface area (Å²) in [6.07, 6.45) is 1.95. The third kappa shape index (κ3) is 2.46. The number of benzene rings is 2.